The largest absolute Gasteiger partial charge is 0.389 e. The minimum Gasteiger partial charge on any atom is -0.389 e. The maximum absolute atomic E-state index is 12.3. The van der Waals surface area contributed by atoms with E-state index in [1.54, 1.807) is 13.8 Å². The number of carbonyl (C=O) groups is 1. The molecule has 0 aromatic carbocycles. The predicted octanol–water partition coefficient (Wildman–Crippen LogP) is 1.71. The van der Waals surface area contributed by atoms with Crippen molar-refractivity contribution in [2.24, 2.45) is 0 Å². The highest BCUT2D eigenvalue weighted by molar-refractivity contribution is 7.15. The van der Waals surface area contributed by atoms with Gasteiger partial charge in [0.05, 0.1) is 12.1 Å². The lowest BCUT2D eigenvalue weighted by atomic mass is 10.1. The number of nitrogens with zero attached hydrogens (tertiary/aromatic N) is 3. The number of hydrogen-bond donors (Lipinski definition) is 2. The van der Waals surface area contributed by atoms with Gasteiger partial charge in [-0.05, 0) is 13.8 Å². The van der Waals surface area contributed by atoms with Crippen LogP contribution in [0.4, 0.5) is 18.7 Å². The van der Waals surface area contributed by atoms with Gasteiger partial charge in [-0.25, -0.2) is 13.6 Å². The first-order chi connectivity index (χ1) is 8.19. The van der Waals surface area contributed by atoms with Crippen molar-refractivity contribution in [3.63, 3.8) is 0 Å². The van der Waals surface area contributed by atoms with E-state index in [1.165, 1.54) is 11.9 Å². The minimum atomic E-state index is -2.71. The van der Waals surface area contributed by atoms with Crippen molar-refractivity contribution in [2.75, 3.05) is 18.9 Å². The lowest BCUT2D eigenvalue weighted by Gasteiger charge is -2.25. The normalized spacial score (nSPS) is 11.7. The molecular weight excluding hydrogens is 266 g/mol. The first kappa shape index (κ1) is 14.7. The third kappa shape index (κ3) is 4.49. The van der Waals surface area contributed by atoms with Gasteiger partial charge in [0, 0.05) is 7.05 Å². The van der Waals surface area contributed by atoms with Crippen LogP contribution < -0.4 is 5.32 Å². The quantitative estimate of drug-likeness (QED) is 0.880. The monoisotopic (exact) mass is 280 g/mol. The molecule has 0 atom stereocenters. The number of carbonyl (C=O) groups excluding carboxylic acids is 1. The third-order valence-electron chi connectivity index (χ3n) is 1.81. The van der Waals surface area contributed by atoms with Gasteiger partial charge in [-0.2, -0.15) is 0 Å². The average molecular weight is 280 g/mol. The van der Waals surface area contributed by atoms with Crippen molar-refractivity contribution in [1.29, 1.82) is 0 Å². The number of rotatable bonds is 4. The molecule has 6 nitrogen and oxygen atoms in total. The van der Waals surface area contributed by atoms with Gasteiger partial charge < -0.3 is 10.0 Å². The Kier molecular flexibility index (Phi) is 4.52. The Balaban J connectivity index is 2.58. The second-order valence-corrected chi connectivity index (χ2v) is 5.35. The molecule has 0 aliphatic carbocycles. The molecule has 0 spiro atoms. The molecule has 18 heavy (non-hydrogen) atoms. The van der Waals surface area contributed by atoms with Gasteiger partial charge in [-0.3, -0.25) is 5.32 Å². The SMILES string of the molecule is CN(CC(C)(C)O)C(=O)Nc1nnc(C(F)F)s1. The van der Waals surface area contributed by atoms with Gasteiger partial charge >= 0.3 is 6.03 Å². The summed E-state index contributed by atoms with van der Waals surface area (Å²) in [6, 6.07) is -0.547. The van der Waals surface area contributed by atoms with Gasteiger partial charge in [0.25, 0.3) is 6.43 Å². The molecule has 1 rings (SSSR count). The fourth-order valence-electron chi connectivity index (χ4n) is 1.21. The first-order valence-corrected chi connectivity index (χ1v) is 5.87. The van der Waals surface area contributed by atoms with Crippen molar-refractivity contribution in [2.45, 2.75) is 25.9 Å². The Labute approximate surface area is 107 Å². The predicted molar refractivity (Wildman–Crippen MR) is 62.8 cm³/mol. The first-order valence-electron chi connectivity index (χ1n) is 5.05. The number of aromatic nitrogens is 2. The molecular formula is C9H14F2N4O2S. The second-order valence-electron chi connectivity index (χ2n) is 4.34. The third-order valence-corrected chi connectivity index (χ3v) is 2.66. The molecule has 0 radical (unpaired) electrons. The summed E-state index contributed by atoms with van der Waals surface area (Å²) in [4.78, 5) is 12.8. The van der Waals surface area contributed by atoms with E-state index < -0.39 is 23.1 Å². The van der Waals surface area contributed by atoms with E-state index in [4.69, 9.17) is 0 Å². The average Bonchev–Trinajstić information content (AvgIpc) is 2.63. The Morgan fingerprint density at radius 2 is 2.17 bits per heavy atom. The molecule has 0 unspecified atom stereocenters. The van der Waals surface area contributed by atoms with Crippen LogP contribution in [0.1, 0.15) is 25.3 Å². The summed E-state index contributed by atoms with van der Waals surface area (Å²) in [6.07, 6.45) is -2.71. The highest BCUT2D eigenvalue weighted by Gasteiger charge is 2.21. The highest BCUT2D eigenvalue weighted by atomic mass is 32.1. The Bertz CT molecular complexity index is 419. The number of nitrogens with one attached hydrogen (secondary N) is 1. The summed E-state index contributed by atoms with van der Waals surface area (Å²) >= 11 is 0.611. The van der Waals surface area contributed by atoms with E-state index >= 15 is 0 Å². The summed E-state index contributed by atoms with van der Waals surface area (Å²) in [5.74, 6) is 0. The number of anilines is 1. The van der Waals surface area contributed by atoms with Crippen LogP contribution in [-0.4, -0.2) is 45.4 Å². The minimum absolute atomic E-state index is 0.00195. The number of alkyl halides is 2. The summed E-state index contributed by atoms with van der Waals surface area (Å²) in [7, 11) is 1.47. The number of aliphatic hydroxyl groups is 1. The van der Waals surface area contributed by atoms with Gasteiger partial charge in [0.1, 0.15) is 0 Å². The van der Waals surface area contributed by atoms with Crippen LogP contribution in [-0.2, 0) is 0 Å². The van der Waals surface area contributed by atoms with E-state index in [1.807, 2.05) is 0 Å². The van der Waals surface area contributed by atoms with Crippen molar-refractivity contribution in [3.05, 3.63) is 5.01 Å². The number of urea groups is 1. The molecule has 102 valence electrons. The molecule has 2 amide bonds. The lowest BCUT2D eigenvalue weighted by Crippen LogP contribution is -2.41. The smallest absolute Gasteiger partial charge is 0.323 e. The van der Waals surface area contributed by atoms with Crippen LogP contribution in [0.25, 0.3) is 0 Å². The highest BCUT2D eigenvalue weighted by Crippen LogP contribution is 2.25. The number of likely N-dealkylation sites (N-methyl/N-ethyl adjacent to an activating group) is 1. The second kappa shape index (κ2) is 5.53. The van der Waals surface area contributed by atoms with Crippen LogP contribution in [0.3, 0.4) is 0 Å². The molecule has 0 saturated heterocycles. The van der Waals surface area contributed by atoms with Crippen LogP contribution in [0.5, 0.6) is 0 Å². The van der Waals surface area contributed by atoms with E-state index in [0.29, 0.717) is 11.3 Å². The fourth-order valence-corrected chi connectivity index (χ4v) is 1.80. The summed E-state index contributed by atoms with van der Waals surface area (Å²) in [5.41, 5.74) is -1.04. The summed E-state index contributed by atoms with van der Waals surface area (Å²) in [5, 5.41) is 18.1. The molecule has 1 aromatic heterocycles. The summed E-state index contributed by atoms with van der Waals surface area (Å²) < 4.78 is 24.5. The van der Waals surface area contributed by atoms with E-state index in [2.05, 4.69) is 15.5 Å². The van der Waals surface area contributed by atoms with Crippen molar-refractivity contribution < 1.29 is 18.7 Å². The molecule has 1 aromatic rings. The molecule has 2 N–H and O–H groups in total. The zero-order valence-corrected chi connectivity index (χ0v) is 11.0. The van der Waals surface area contributed by atoms with E-state index in [9.17, 15) is 18.7 Å². The number of hydrogen-bond acceptors (Lipinski definition) is 5. The van der Waals surface area contributed by atoms with Gasteiger partial charge in [0.2, 0.25) is 5.13 Å². The molecule has 0 fully saturated rings. The zero-order chi connectivity index (χ0) is 13.9. The maximum atomic E-state index is 12.3. The summed E-state index contributed by atoms with van der Waals surface area (Å²) in [6.45, 7) is 3.20. The van der Waals surface area contributed by atoms with Gasteiger partial charge in [-0.1, -0.05) is 11.3 Å². The number of amides is 2. The standard InChI is InChI=1S/C9H14F2N4O2S/c1-9(2,17)4-15(3)8(16)12-7-14-13-6(18-7)5(10)11/h5,17H,4H2,1-3H3,(H,12,14,16). The van der Waals surface area contributed by atoms with Gasteiger partial charge in [-0.15, -0.1) is 10.2 Å². The van der Waals surface area contributed by atoms with Crippen molar-refractivity contribution in [1.82, 2.24) is 15.1 Å². The van der Waals surface area contributed by atoms with Crippen molar-refractivity contribution in [3.8, 4) is 0 Å². The maximum Gasteiger partial charge on any atom is 0.323 e. The molecule has 9 heteroatoms. The van der Waals surface area contributed by atoms with Crippen LogP contribution >= 0.6 is 11.3 Å². The van der Waals surface area contributed by atoms with Crippen LogP contribution in [0, 0.1) is 0 Å². The molecule has 0 aliphatic rings. The lowest BCUT2D eigenvalue weighted by molar-refractivity contribution is 0.0550. The Morgan fingerprint density at radius 3 is 2.61 bits per heavy atom. The Morgan fingerprint density at radius 1 is 1.56 bits per heavy atom. The molecule has 0 aliphatic heterocycles. The number of halogens is 2. The molecule has 0 bridgehead atoms. The van der Waals surface area contributed by atoms with Crippen LogP contribution in [0.15, 0.2) is 0 Å². The van der Waals surface area contributed by atoms with Gasteiger partial charge in [0.15, 0.2) is 5.01 Å². The topological polar surface area (TPSA) is 78.4 Å². The van der Waals surface area contributed by atoms with E-state index in [-0.39, 0.29) is 11.7 Å². The molecule has 1 heterocycles. The Hall–Kier alpha value is -1.35. The fraction of sp³-hybridized carbons (Fsp3) is 0.667. The van der Waals surface area contributed by atoms with E-state index in [0.717, 1.165) is 0 Å². The van der Waals surface area contributed by atoms with Crippen molar-refractivity contribution >= 4 is 22.5 Å². The van der Waals surface area contributed by atoms with Crippen LogP contribution in [0.2, 0.25) is 0 Å². The molecule has 0 saturated carbocycles. The zero-order valence-electron chi connectivity index (χ0n) is 10.1.